The highest BCUT2D eigenvalue weighted by molar-refractivity contribution is 5.90. The van der Waals surface area contributed by atoms with Crippen LogP contribution in [0.2, 0.25) is 0 Å². The van der Waals surface area contributed by atoms with Gasteiger partial charge in [0, 0.05) is 31.5 Å². The molecule has 0 aromatic carbocycles. The fourth-order valence-electron chi connectivity index (χ4n) is 3.78. The SMILES string of the molecule is CN(C)[C@H]1CC2(CCN(C(=O)c3ncccn3)CC2)OC[C@]1(C)O. The van der Waals surface area contributed by atoms with Crippen LogP contribution < -0.4 is 0 Å². The summed E-state index contributed by atoms with van der Waals surface area (Å²) >= 11 is 0. The van der Waals surface area contributed by atoms with Crippen LogP contribution >= 0.6 is 0 Å². The van der Waals surface area contributed by atoms with Gasteiger partial charge in [-0.25, -0.2) is 9.97 Å². The normalized spacial score (nSPS) is 29.9. The van der Waals surface area contributed by atoms with Crippen molar-refractivity contribution in [2.24, 2.45) is 0 Å². The molecule has 0 saturated carbocycles. The van der Waals surface area contributed by atoms with Crippen molar-refractivity contribution in [2.45, 2.75) is 43.4 Å². The van der Waals surface area contributed by atoms with Crippen molar-refractivity contribution >= 4 is 5.91 Å². The number of carbonyl (C=O) groups excluding carboxylic acids is 1. The monoisotopic (exact) mass is 334 g/mol. The number of likely N-dealkylation sites (tertiary alicyclic amines) is 1. The summed E-state index contributed by atoms with van der Waals surface area (Å²) < 4.78 is 6.09. The second kappa shape index (κ2) is 6.38. The predicted molar refractivity (Wildman–Crippen MR) is 88.6 cm³/mol. The van der Waals surface area contributed by atoms with Gasteiger partial charge in [0.05, 0.1) is 12.2 Å². The van der Waals surface area contributed by atoms with Crippen LogP contribution in [0, 0.1) is 0 Å². The van der Waals surface area contributed by atoms with Gasteiger partial charge < -0.3 is 19.6 Å². The predicted octanol–water partition coefficient (Wildman–Crippen LogP) is 0.553. The molecule has 0 unspecified atom stereocenters. The van der Waals surface area contributed by atoms with Gasteiger partial charge in [0.15, 0.2) is 0 Å². The molecule has 132 valence electrons. The van der Waals surface area contributed by atoms with Gasteiger partial charge in [-0.1, -0.05) is 0 Å². The van der Waals surface area contributed by atoms with E-state index < -0.39 is 5.60 Å². The van der Waals surface area contributed by atoms with Crippen molar-refractivity contribution in [2.75, 3.05) is 33.8 Å². The third-order valence-corrected chi connectivity index (χ3v) is 5.30. The molecule has 1 spiro atoms. The van der Waals surface area contributed by atoms with Gasteiger partial charge in [-0.15, -0.1) is 0 Å². The summed E-state index contributed by atoms with van der Waals surface area (Å²) in [6.07, 6.45) is 5.48. The molecule has 7 heteroatoms. The van der Waals surface area contributed by atoms with E-state index in [4.69, 9.17) is 4.74 Å². The lowest BCUT2D eigenvalue weighted by atomic mass is 9.77. The number of hydrogen-bond acceptors (Lipinski definition) is 6. The van der Waals surface area contributed by atoms with Crippen molar-refractivity contribution in [3.63, 3.8) is 0 Å². The summed E-state index contributed by atoms with van der Waals surface area (Å²) in [6, 6.07) is 1.75. The minimum atomic E-state index is -0.848. The molecule has 0 bridgehead atoms. The third-order valence-electron chi connectivity index (χ3n) is 5.30. The number of aromatic nitrogens is 2. The van der Waals surface area contributed by atoms with Gasteiger partial charge in [0.25, 0.3) is 5.91 Å². The van der Waals surface area contributed by atoms with E-state index in [1.54, 1.807) is 23.4 Å². The average Bonchev–Trinajstić information content (AvgIpc) is 2.58. The highest BCUT2D eigenvalue weighted by Crippen LogP contribution is 2.39. The lowest BCUT2D eigenvalue weighted by molar-refractivity contribution is -0.205. The Labute approximate surface area is 142 Å². The first kappa shape index (κ1) is 17.3. The van der Waals surface area contributed by atoms with Gasteiger partial charge in [0.1, 0.15) is 5.60 Å². The van der Waals surface area contributed by atoms with Gasteiger partial charge >= 0.3 is 0 Å². The van der Waals surface area contributed by atoms with Gasteiger partial charge in [-0.2, -0.15) is 0 Å². The highest BCUT2D eigenvalue weighted by Gasteiger charge is 2.49. The molecule has 24 heavy (non-hydrogen) atoms. The summed E-state index contributed by atoms with van der Waals surface area (Å²) in [5, 5.41) is 10.6. The van der Waals surface area contributed by atoms with Crippen LogP contribution in [0.5, 0.6) is 0 Å². The zero-order valence-corrected chi connectivity index (χ0v) is 14.6. The van der Waals surface area contributed by atoms with E-state index in [0.717, 1.165) is 19.3 Å². The Hall–Kier alpha value is -1.57. The van der Waals surface area contributed by atoms with Gasteiger partial charge in [-0.05, 0) is 46.3 Å². The summed E-state index contributed by atoms with van der Waals surface area (Å²) in [7, 11) is 3.98. The number of piperidine rings is 1. The lowest BCUT2D eigenvalue weighted by Crippen LogP contribution is -2.63. The first-order valence-corrected chi connectivity index (χ1v) is 8.42. The molecule has 3 rings (SSSR count). The zero-order chi connectivity index (χ0) is 17.4. The minimum absolute atomic E-state index is 0.0472. The second-order valence-electron chi connectivity index (χ2n) is 7.38. The Bertz CT molecular complexity index is 583. The number of likely N-dealkylation sites (N-methyl/N-ethyl adjacent to an activating group) is 1. The van der Waals surface area contributed by atoms with Crippen molar-refractivity contribution in [3.8, 4) is 0 Å². The van der Waals surface area contributed by atoms with E-state index in [1.807, 2.05) is 21.0 Å². The highest BCUT2D eigenvalue weighted by atomic mass is 16.5. The molecule has 1 aromatic rings. The smallest absolute Gasteiger partial charge is 0.291 e. The van der Waals surface area contributed by atoms with Crippen LogP contribution in [0.1, 0.15) is 36.8 Å². The Morgan fingerprint density at radius 1 is 1.33 bits per heavy atom. The van der Waals surface area contributed by atoms with Crippen LogP contribution in [0.25, 0.3) is 0 Å². The van der Waals surface area contributed by atoms with Crippen LogP contribution in [-0.4, -0.2) is 81.8 Å². The van der Waals surface area contributed by atoms with Gasteiger partial charge in [-0.3, -0.25) is 4.79 Å². The standard InChI is InChI=1S/C17H26N4O3/c1-16(23)12-24-17(11-13(16)20(2)3)5-9-21(10-6-17)15(22)14-18-7-4-8-19-14/h4,7-8,13,23H,5-6,9-12H2,1-3H3/t13-,16-/m0/s1. The number of ether oxygens (including phenoxy) is 1. The molecule has 3 heterocycles. The van der Waals surface area contributed by atoms with Crippen molar-refractivity contribution in [1.82, 2.24) is 19.8 Å². The topological polar surface area (TPSA) is 78.8 Å². The molecule has 2 saturated heterocycles. The average molecular weight is 334 g/mol. The molecule has 2 atom stereocenters. The molecular weight excluding hydrogens is 308 g/mol. The second-order valence-corrected chi connectivity index (χ2v) is 7.38. The number of hydrogen-bond donors (Lipinski definition) is 1. The van der Waals surface area contributed by atoms with E-state index in [-0.39, 0.29) is 23.4 Å². The summed E-state index contributed by atoms with van der Waals surface area (Å²) in [4.78, 5) is 24.4. The molecule has 1 amide bonds. The Balaban J connectivity index is 1.65. The quantitative estimate of drug-likeness (QED) is 0.851. The largest absolute Gasteiger partial charge is 0.386 e. The van der Waals surface area contributed by atoms with Crippen LogP contribution in [0.3, 0.4) is 0 Å². The fraction of sp³-hybridized carbons (Fsp3) is 0.706. The first-order valence-electron chi connectivity index (χ1n) is 8.42. The Morgan fingerprint density at radius 2 is 1.96 bits per heavy atom. The molecule has 1 N–H and O–H groups in total. The fourth-order valence-corrected chi connectivity index (χ4v) is 3.78. The maximum absolute atomic E-state index is 12.5. The summed E-state index contributed by atoms with van der Waals surface area (Å²) in [5.41, 5.74) is -1.11. The van der Waals surface area contributed by atoms with E-state index in [1.165, 1.54) is 0 Å². The molecule has 2 aliphatic heterocycles. The summed E-state index contributed by atoms with van der Waals surface area (Å²) in [5.74, 6) is 0.115. The van der Waals surface area contributed by atoms with Crippen LogP contribution in [-0.2, 0) is 4.74 Å². The van der Waals surface area contributed by atoms with E-state index >= 15 is 0 Å². The lowest BCUT2D eigenvalue weighted by Gasteiger charge is -2.52. The number of rotatable bonds is 2. The maximum Gasteiger partial charge on any atom is 0.291 e. The van der Waals surface area contributed by atoms with E-state index in [0.29, 0.717) is 19.7 Å². The number of carbonyl (C=O) groups is 1. The number of amides is 1. The maximum atomic E-state index is 12.5. The third kappa shape index (κ3) is 3.29. The van der Waals surface area contributed by atoms with Crippen molar-refractivity contribution in [1.29, 1.82) is 0 Å². The van der Waals surface area contributed by atoms with Crippen LogP contribution in [0.4, 0.5) is 0 Å². The number of aliphatic hydroxyl groups is 1. The molecule has 7 nitrogen and oxygen atoms in total. The molecule has 2 fully saturated rings. The molecule has 0 radical (unpaired) electrons. The molecule has 1 aromatic heterocycles. The molecule has 2 aliphatic rings. The Kier molecular flexibility index (Phi) is 4.59. The van der Waals surface area contributed by atoms with Gasteiger partial charge in [0.2, 0.25) is 5.82 Å². The zero-order valence-electron chi connectivity index (χ0n) is 14.6. The van der Waals surface area contributed by atoms with Crippen molar-refractivity contribution in [3.05, 3.63) is 24.3 Å². The number of nitrogens with zero attached hydrogens (tertiary/aromatic N) is 4. The molecular formula is C17H26N4O3. The van der Waals surface area contributed by atoms with E-state index in [2.05, 4.69) is 14.9 Å². The van der Waals surface area contributed by atoms with E-state index in [9.17, 15) is 9.90 Å². The van der Waals surface area contributed by atoms with Crippen LogP contribution in [0.15, 0.2) is 18.5 Å². The Morgan fingerprint density at radius 3 is 2.54 bits per heavy atom. The van der Waals surface area contributed by atoms with Crippen molar-refractivity contribution < 1.29 is 14.6 Å². The first-order chi connectivity index (χ1) is 11.3. The minimum Gasteiger partial charge on any atom is -0.386 e. The summed E-state index contributed by atoms with van der Waals surface area (Å²) in [6.45, 7) is 3.40. The molecule has 0 aliphatic carbocycles.